The molecule has 1 fully saturated rings. The van der Waals surface area contributed by atoms with Gasteiger partial charge in [0.2, 0.25) is 0 Å². The number of aliphatic hydroxyl groups excluding tert-OH is 1. The molecule has 1 saturated carbocycles. The minimum atomic E-state index is -0.233. The van der Waals surface area contributed by atoms with Crippen LogP contribution < -0.4 is 5.73 Å². The van der Waals surface area contributed by atoms with Gasteiger partial charge in [-0.2, -0.15) is 0 Å². The van der Waals surface area contributed by atoms with Crippen molar-refractivity contribution in [2.45, 2.75) is 44.1 Å². The maximum atomic E-state index is 10.3. The molecule has 2 heteroatoms. The Bertz CT molecular complexity index is 692. The van der Waals surface area contributed by atoms with E-state index < -0.39 is 0 Å². The van der Waals surface area contributed by atoms with Gasteiger partial charge >= 0.3 is 0 Å². The van der Waals surface area contributed by atoms with Crippen LogP contribution in [-0.2, 0) is 6.42 Å². The number of rotatable bonds is 1. The monoisotopic (exact) mass is 279 g/mol. The first-order chi connectivity index (χ1) is 10.3. The van der Waals surface area contributed by atoms with Gasteiger partial charge in [-0.3, -0.25) is 0 Å². The van der Waals surface area contributed by atoms with E-state index in [1.54, 1.807) is 0 Å². The van der Waals surface area contributed by atoms with E-state index in [1.807, 2.05) is 0 Å². The molecule has 2 nitrogen and oxygen atoms in total. The van der Waals surface area contributed by atoms with Crippen LogP contribution in [0.3, 0.4) is 0 Å². The van der Waals surface area contributed by atoms with Crippen LogP contribution in [0.5, 0.6) is 0 Å². The summed E-state index contributed by atoms with van der Waals surface area (Å²) >= 11 is 0. The van der Waals surface area contributed by atoms with Gasteiger partial charge in [0, 0.05) is 18.0 Å². The van der Waals surface area contributed by atoms with E-state index in [0.29, 0.717) is 0 Å². The molecule has 0 unspecified atom stereocenters. The number of anilines is 1. The zero-order valence-corrected chi connectivity index (χ0v) is 12.2. The summed E-state index contributed by atoms with van der Waals surface area (Å²) in [4.78, 5) is 0. The third-order valence-corrected chi connectivity index (χ3v) is 5.19. The first-order valence-electron chi connectivity index (χ1n) is 7.93. The van der Waals surface area contributed by atoms with Crippen molar-refractivity contribution in [1.82, 2.24) is 0 Å². The van der Waals surface area contributed by atoms with Crippen molar-refractivity contribution >= 4 is 5.69 Å². The standard InChI is InChI=1S/C19H21NO/c20-19-16(15-7-3-4-8-18(15)21)10-9-14-13-6-2-1-5-12(13)11-17(14)19/h1-2,5-6,9-10,15,18,21H,3-4,7-8,11,20H2/t15-,18-/m0/s1. The van der Waals surface area contributed by atoms with Crippen molar-refractivity contribution in [2.75, 3.05) is 5.73 Å². The Kier molecular flexibility index (Phi) is 3.00. The third kappa shape index (κ3) is 1.97. The van der Waals surface area contributed by atoms with Gasteiger partial charge < -0.3 is 10.8 Å². The lowest BCUT2D eigenvalue weighted by atomic mass is 9.80. The molecule has 2 aliphatic carbocycles. The molecule has 108 valence electrons. The van der Waals surface area contributed by atoms with Gasteiger partial charge in [-0.25, -0.2) is 0 Å². The highest BCUT2D eigenvalue weighted by atomic mass is 16.3. The molecule has 0 spiro atoms. The van der Waals surface area contributed by atoms with Gasteiger partial charge in [-0.05, 0) is 40.7 Å². The molecule has 0 radical (unpaired) electrons. The molecule has 0 aliphatic heterocycles. The fourth-order valence-electron chi connectivity index (χ4n) is 4.05. The first kappa shape index (κ1) is 12.9. The maximum absolute atomic E-state index is 10.3. The second-order valence-corrected chi connectivity index (χ2v) is 6.39. The van der Waals surface area contributed by atoms with E-state index in [9.17, 15) is 5.11 Å². The Labute approximate surface area is 125 Å². The molecule has 0 aromatic heterocycles. The lowest BCUT2D eigenvalue weighted by Crippen LogP contribution is -2.23. The average molecular weight is 279 g/mol. The third-order valence-electron chi connectivity index (χ3n) is 5.19. The summed E-state index contributed by atoms with van der Waals surface area (Å²) in [5.74, 6) is 0.216. The highest BCUT2D eigenvalue weighted by Gasteiger charge is 2.29. The molecular formula is C19H21NO. The van der Waals surface area contributed by atoms with Gasteiger partial charge in [-0.1, -0.05) is 49.2 Å². The van der Waals surface area contributed by atoms with E-state index in [4.69, 9.17) is 5.73 Å². The van der Waals surface area contributed by atoms with Crippen LogP contribution >= 0.6 is 0 Å². The average Bonchev–Trinajstić information content (AvgIpc) is 2.89. The largest absolute Gasteiger partial charge is 0.398 e. The van der Waals surface area contributed by atoms with Crippen LogP contribution in [-0.4, -0.2) is 11.2 Å². The van der Waals surface area contributed by atoms with E-state index in [-0.39, 0.29) is 12.0 Å². The quantitative estimate of drug-likeness (QED) is 0.664. The maximum Gasteiger partial charge on any atom is 0.0609 e. The van der Waals surface area contributed by atoms with Gasteiger partial charge in [0.05, 0.1) is 6.10 Å². The molecule has 2 atom stereocenters. The van der Waals surface area contributed by atoms with Crippen molar-refractivity contribution in [3.05, 3.63) is 53.1 Å². The molecule has 21 heavy (non-hydrogen) atoms. The van der Waals surface area contributed by atoms with E-state index >= 15 is 0 Å². The zero-order valence-electron chi connectivity index (χ0n) is 12.2. The molecule has 2 aliphatic rings. The fraction of sp³-hybridized carbons (Fsp3) is 0.368. The molecule has 0 heterocycles. The Morgan fingerprint density at radius 1 is 0.952 bits per heavy atom. The van der Waals surface area contributed by atoms with Crippen LogP contribution in [0.4, 0.5) is 5.69 Å². The number of benzene rings is 2. The summed E-state index contributed by atoms with van der Waals surface area (Å²) in [6.45, 7) is 0. The van der Waals surface area contributed by atoms with Crippen molar-refractivity contribution in [1.29, 1.82) is 0 Å². The van der Waals surface area contributed by atoms with Crippen LogP contribution in [0.2, 0.25) is 0 Å². The number of nitrogens with two attached hydrogens (primary N) is 1. The topological polar surface area (TPSA) is 46.2 Å². The zero-order chi connectivity index (χ0) is 14.4. The molecule has 0 amide bonds. The number of nitrogen functional groups attached to an aromatic ring is 1. The normalized spacial score (nSPS) is 23.7. The van der Waals surface area contributed by atoms with Crippen molar-refractivity contribution < 1.29 is 5.11 Å². The lowest BCUT2D eigenvalue weighted by molar-refractivity contribution is 0.106. The molecule has 4 rings (SSSR count). The number of hydrogen-bond donors (Lipinski definition) is 2. The minimum absolute atomic E-state index is 0.216. The predicted molar refractivity (Wildman–Crippen MR) is 86.3 cm³/mol. The Hall–Kier alpha value is -1.80. The van der Waals surface area contributed by atoms with Crippen LogP contribution in [0.15, 0.2) is 36.4 Å². The van der Waals surface area contributed by atoms with Gasteiger partial charge in [0.1, 0.15) is 0 Å². The summed E-state index contributed by atoms with van der Waals surface area (Å²) in [6, 6.07) is 12.9. The van der Waals surface area contributed by atoms with Gasteiger partial charge in [-0.15, -0.1) is 0 Å². The van der Waals surface area contributed by atoms with E-state index in [1.165, 1.54) is 28.7 Å². The van der Waals surface area contributed by atoms with Crippen LogP contribution in [0.25, 0.3) is 11.1 Å². The molecule has 2 aromatic carbocycles. The summed E-state index contributed by atoms with van der Waals surface area (Å²) in [7, 11) is 0. The molecule has 0 bridgehead atoms. The first-order valence-corrected chi connectivity index (χ1v) is 7.93. The highest BCUT2D eigenvalue weighted by molar-refractivity contribution is 5.82. The smallest absolute Gasteiger partial charge is 0.0609 e. The summed E-state index contributed by atoms with van der Waals surface area (Å²) in [5, 5.41) is 10.3. The molecule has 3 N–H and O–H groups in total. The summed E-state index contributed by atoms with van der Waals surface area (Å²) in [5.41, 5.74) is 13.8. The Balaban J connectivity index is 1.79. The van der Waals surface area contributed by atoms with Crippen LogP contribution in [0.1, 0.15) is 48.3 Å². The number of aliphatic hydroxyl groups is 1. The van der Waals surface area contributed by atoms with Crippen molar-refractivity contribution in [2.24, 2.45) is 0 Å². The second-order valence-electron chi connectivity index (χ2n) is 6.39. The van der Waals surface area contributed by atoms with Crippen LogP contribution in [0, 0.1) is 0 Å². The highest BCUT2D eigenvalue weighted by Crippen LogP contribution is 2.44. The van der Waals surface area contributed by atoms with Gasteiger partial charge in [0.25, 0.3) is 0 Å². The molecule has 0 saturated heterocycles. The summed E-state index contributed by atoms with van der Waals surface area (Å²) < 4.78 is 0. The fourth-order valence-corrected chi connectivity index (χ4v) is 4.05. The van der Waals surface area contributed by atoms with Crippen molar-refractivity contribution in [3.63, 3.8) is 0 Å². The lowest BCUT2D eigenvalue weighted by Gasteiger charge is -2.29. The number of fused-ring (bicyclic) bond motifs is 3. The minimum Gasteiger partial charge on any atom is -0.398 e. The van der Waals surface area contributed by atoms with E-state index in [2.05, 4.69) is 36.4 Å². The van der Waals surface area contributed by atoms with E-state index in [0.717, 1.165) is 36.9 Å². The number of hydrogen-bond acceptors (Lipinski definition) is 2. The molecular weight excluding hydrogens is 258 g/mol. The predicted octanol–water partition coefficient (Wildman–Crippen LogP) is 3.86. The Morgan fingerprint density at radius 2 is 1.76 bits per heavy atom. The summed E-state index contributed by atoms with van der Waals surface area (Å²) in [6.07, 6.45) is 4.97. The Morgan fingerprint density at radius 3 is 2.62 bits per heavy atom. The SMILES string of the molecule is Nc1c([C@@H]2CCCC[C@@H]2O)ccc2c1Cc1ccccc1-2. The molecule has 2 aromatic rings. The van der Waals surface area contributed by atoms with Gasteiger partial charge in [0.15, 0.2) is 0 Å². The second kappa shape index (κ2) is 4.88. The van der Waals surface area contributed by atoms with Crippen molar-refractivity contribution in [3.8, 4) is 11.1 Å².